The molecular weight excluding hydrogens is 274 g/mol. The highest BCUT2D eigenvalue weighted by Crippen LogP contribution is 2.22. The molecule has 96 valence electrons. The molecule has 0 aliphatic heterocycles. The molecule has 1 unspecified atom stereocenters. The lowest BCUT2D eigenvalue weighted by Crippen LogP contribution is -2.25. The maximum atomic E-state index is 3.57. The summed E-state index contributed by atoms with van der Waals surface area (Å²) in [6, 6.07) is 8.75. The molecule has 0 amide bonds. The smallest absolute Gasteiger partial charge is 0.0175 e. The van der Waals surface area contributed by atoms with Crippen molar-refractivity contribution >= 4 is 15.9 Å². The summed E-state index contributed by atoms with van der Waals surface area (Å²) in [5.74, 6) is 1.37. The molecule has 0 heterocycles. The molecular formula is C15H24BrN. The molecule has 0 aromatic heterocycles. The summed E-state index contributed by atoms with van der Waals surface area (Å²) < 4.78 is 1.16. The Labute approximate surface area is 114 Å². The molecule has 0 saturated carbocycles. The third-order valence-electron chi connectivity index (χ3n) is 2.92. The van der Waals surface area contributed by atoms with E-state index in [4.69, 9.17) is 0 Å². The molecule has 1 atom stereocenters. The Morgan fingerprint density at radius 1 is 1.12 bits per heavy atom. The molecule has 0 saturated heterocycles. The number of nitrogens with one attached hydrogen (secondary N) is 1. The number of rotatable bonds is 7. The van der Waals surface area contributed by atoms with Crippen LogP contribution in [0.4, 0.5) is 0 Å². The van der Waals surface area contributed by atoms with E-state index in [0.717, 1.165) is 23.5 Å². The van der Waals surface area contributed by atoms with Gasteiger partial charge in [-0.2, -0.15) is 0 Å². The Kier molecular flexibility index (Phi) is 6.83. The minimum Gasteiger partial charge on any atom is -0.316 e. The first-order valence-electron chi connectivity index (χ1n) is 6.59. The number of halogens is 1. The molecule has 1 nitrogen and oxygen atoms in total. The fraction of sp³-hybridized carbons (Fsp3) is 0.600. The summed E-state index contributed by atoms with van der Waals surface area (Å²) >= 11 is 3.49. The first-order chi connectivity index (χ1) is 8.13. The van der Waals surface area contributed by atoms with Gasteiger partial charge in [0.2, 0.25) is 0 Å². The van der Waals surface area contributed by atoms with E-state index in [1.165, 1.54) is 18.4 Å². The van der Waals surface area contributed by atoms with Gasteiger partial charge in [0.05, 0.1) is 0 Å². The lowest BCUT2D eigenvalue weighted by Gasteiger charge is -2.18. The average Bonchev–Trinajstić information content (AvgIpc) is 2.29. The van der Waals surface area contributed by atoms with Crippen LogP contribution < -0.4 is 5.32 Å². The van der Waals surface area contributed by atoms with Gasteiger partial charge in [-0.15, -0.1) is 0 Å². The van der Waals surface area contributed by atoms with Crippen LogP contribution in [0.25, 0.3) is 0 Å². The van der Waals surface area contributed by atoms with Crippen molar-refractivity contribution in [3.8, 4) is 0 Å². The minimum atomic E-state index is 0.645. The fourth-order valence-corrected chi connectivity index (χ4v) is 2.28. The molecule has 1 aromatic rings. The summed E-state index contributed by atoms with van der Waals surface area (Å²) in [5.41, 5.74) is 1.45. The zero-order chi connectivity index (χ0) is 12.7. The van der Waals surface area contributed by atoms with Crippen molar-refractivity contribution in [3.05, 3.63) is 34.3 Å². The number of hydrogen-bond acceptors (Lipinski definition) is 1. The normalized spacial score (nSPS) is 13.0. The second-order valence-corrected chi connectivity index (χ2v) is 6.00. The van der Waals surface area contributed by atoms with E-state index in [9.17, 15) is 0 Å². The molecule has 0 bridgehead atoms. The third kappa shape index (κ3) is 5.69. The van der Waals surface area contributed by atoms with Crippen molar-refractivity contribution in [2.24, 2.45) is 5.92 Å². The van der Waals surface area contributed by atoms with Crippen LogP contribution in [0.2, 0.25) is 0 Å². The summed E-state index contributed by atoms with van der Waals surface area (Å²) in [6.45, 7) is 8.96. The molecule has 0 aliphatic rings. The van der Waals surface area contributed by atoms with E-state index in [1.54, 1.807) is 0 Å². The SMILES string of the molecule is CCCC(CNCC(C)C)c1ccc(Br)cc1. The first kappa shape index (κ1) is 14.7. The van der Waals surface area contributed by atoms with Gasteiger partial charge in [0.15, 0.2) is 0 Å². The summed E-state index contributed by atoms with van der Waals surface area (Å²) in [7, 11) is 0. The predicted molar refractivity (Wildman–Crippen MR) is 79.5 cm³/mol. The van der Waals surface area contributed by atoms with E-state index in [0.29, 0.717) is 5.92 Å². The zero-order valence-electron chi connectivity index (χ0n) is 11.2. The maximum absolute atomic E-state index is 3.57. The molecule has 1 N–H and O–H groups in total. The van der Waals surface area contributed by atoms with E-state index in [1.807, 2.05) is 0 Å². The summed E-state index contributed by atoms with van der Waals surface area (Å²) in [5, 5.41) is 3.57. The largest absolute Gasteiger partial charge is 0.316 e. The molecule has 0 fully saturated rings. The average molecular weight is 298 g/mol. The monoisotopic (exact) mass is 297 g/mol. The predicted octanol–water partition coefficient (Wildman–Crippen LogP) is 4.58. The van der Waals surface area contributed by atoms with Crippen molar-refractivity contribution < 1.29 is 0 Å². The quantitative estimate of drug-likeness (QED) is 0.777. The maximum Gasteiger partial charge on any atom is 0.0175 e. The van der Waals surface area contributed by atoms with Gasteiger partial charge in [-0.1, -0.05) is 55.3 Å². The topological polar surface area (TPSA) is 12.0 Å². The van der Waals surface area contributed by atoms with Gasteiger partial charge in [0.1, 0.15) is 0 Å². The Hall–Kier alpha value is -0.340. The van der Waals surface area contributed by atoms with Crippen LogP contribution in [0.3, 0.4) is 0 Å². The van der Waals surface area contributed by atoms with Crippen LogP contribution in [0.5, 0.6) is 0 Å². The van der Waals surface area contributed by atoms with Gasteiger partial charge < -0.3 is 5.32 Å². The molecule has 0 aliphatic carbocycles. The second-order valence-electron chi connectivity index (χ2n) is 5.09. The summed E-state index contributed by atoms with van der Waals surface area (Å²) in [6.07, 6.45) is 2.50. The molecule has 17 heavy (non-hydrogen) atoms. The van der Waals surface area contributed by atoms with Crippen LogP contribution in [0.1, 0.15) is 45.1 Å². The highest BCUT2D eigenvalue weighted by Gasteiger charge is 2.10. The standard InChI is InChI=1S/C15H24BrN/c1-4-5-14(11-17-10-12(2)3)13-6-8-15(16)9-7-13/h6-9,12,14,17H,4-5,10-11H2,1-3H3. The Morgan fingerprint density at radius 3 is 2.29 bits per heavy atom. The van der Waals surface area contributed by atoms with E-state index >= 15 is 0 Å². The fourth-order valence-electron chi connectivity index (χ4n) is 2.02. The van der Waals surface area contributed by atoms with Crippen molar-refractivity contribution in [1.82, 2.24) is 5.32 Å². The van der Waals surface area contributed by atoms with Crippen LogP contribution in [-0.2, 0) is 0 Å². The third-order valence-corrected chi connectivity index (χ3v) is 3.45. The van der Waals surface area contributed by atoms with E-state index in [-0.39, 0.29) is 0 Å². The molecule has 0 radical (unpaired) electrons. The molecule has 0 spiro atoms. The summed E-state index contributed by atoms with van der Waals surface area (Å²) in [4.78, 5) is 0. The second kappa shape index (κ2) is 7.88. The van der Waals surface area contributed by atoms with Crippen molar-refractivity contribution in [3.63, 3.8) is 0 Å². The van der Waals surface area contributed by atoms with Gasteiger partial charge in [-0.25, -0.2) is 0 Å². The van der Waals surface area contributed by atoms with E-state index < -0.39 is 0 Å². The van der Waals surface area contributed by atoms with Gasteiger partial charge in [0, 0.05) is 11.0 Å². The van der Waals surface area contributed by atoms with Crippen molar-refractivity contribution in [2.75, 3.05) is 13.1 Å². The van der Waals surface area contributed by atoms with Gasteiger partial charge in [-0.3, -0.25) is 0 Å². The highest BCUT2D eigenvalue weighted by atomic mass is 79.9. The van der Waals surface area contributed by atoms with E-state index in [2.05, 4.69) is 66.3 Å². The lowest BCUT2D eigenvalue weighted by atomic mass is 9.94. The minimum absolute atomic E-state index is 0.645. The molecule has 2 heteroatoms. The van der Waals surface area contributed by atoms with Gasteiger partial charge in [-0.05, 0) is 42.5 Å². The highest BCUT2D eigenvalue weighted by molar-refractivity contribution is 9.10. The van der Waals surface area contributed by atoms with Gasteiger partial charge >= 0.3 is 0 Å². The molecule has 1 aromatic carbocycles. The number of benzene rings is 1. The van der Waals surface area contributed by atoms with Crippen LogP contribution in [-0.4, -0.2) is 13.1 Å². The van der Waals surface area contributed by atoms with Crippen LogP contribution in [0.15, 0.2) is 28.7 Å². The van der Waals surface area contributed by atoms with Crippen LogP contribution in [0, 0.1) is 5.92 Å². The Bertz CT molecular complexity index is 305. The number of hydrogen-bond donors (Lipinski definition) is 1. The Morgan fingerprint density at radius 2 is 1.76 bits per heavy atom. The van der Waals surface area contributed by atoms with Gasteiger partial charge in [0.25, 0.3) is 0 Å². The van der Waals surface area contributed by atoms with Crippen molar-refractivity contribution in [2.45, 2.75) is 39.5 Å². The molecule has 1 rings (SSSR count). The van der Waals surface area contributed by atoms with Crippen molar-refractivity contribution in [1.29, 1.82) is 0 Å². The lowest BCUT2D eigenvalue weighted by molar-refractivity contribution is 0.497. The zero-order valence-corrected chi connectivity index (χ0v) is 12.8. The van der Waals surface area contributed by atoms with Crippen LogP contribution >= 0.6 is 15.9 Å². The first-order valence-corrected chi connectivity index (χ1v) is 7.39. The Balaban J connectivity index is 2.55.